The van der Waals surface area contributed by atoms with Gasteiger partial charge in [-0.25, -0.2) is 4.98 Å². The van der Waals surface area contributed by atoms with Gasteiger partial charge < -0.3 is 19.3 Å². The lowest BCUT2D eigenvalue weighted by Gasteiger charge is -2.37. The number of aliphatic hydroxyl groups excluding tert-OH is 1. The van der Waals surface area contributed by atoms with Crippen LogP contribution in [-0.2, 0) is 11.8 Å². The number of morpholine rings is 1. The Hall–Kier alpha value is -1.07. The number of rotatable bonds is 2. The molecule has 0 spiro atoms. The third-order valence-corrected chi connectivity index (χ3v) is 2.76. The topological polar surface area (TPSA) is 50.5 Å². The van der Waals surface area contributed by atoms with Gasteiger partial charge in [-0.05, 0) is 6.92 Å². The molecule has 1 fully saturated rings. The number of aryl methyl sites for hydroxylation is 1. The minimum atomic E-state index is -0.0992. The molecule has 2 unspecified atom stereocenters. The van der Waals surface area contributed by atoms with Gasteiger partial charge in [-0.2, -0.15) is 0 Å². The summed E-state index contributed by atoms with van der Waals surface area (Å²) in [5.41, 5.74) is 0. The van der Waals surface area contributed by atoms with E-state index in [1.165, 1.54) is 0 Å². The molecule has 15 heavy (non-hydrogen) atoms. The monoisotopic (exact) mass is 211 g/mol. The van der Waals surface area contributed by atoms with Crippen LogP contribution in [0.5, 0.6) is 0 Å². The summed E-state index contributed by atoms with van der Waals surface area (Å²) in [7, 11) is 1.97. The van der Waals surface area contributed by atoms with Crippen LogP contribution in [0.25, 0.3) is 0 Å². The summed E-state index contributed by atoms with van der Waals surface area (Å²) >= 11 is 0. The SMILES string of the molecule is CC1COC(CO)CN1c1nccn1C. The molecule has 1 aromatic heterocycles. The van der Waals surface area contributed by atoms with Gasteiger partial charge in [-0.1, -0.05) is 0 Å². The highest BCUT2D eigenvalue weighted by Gasteiger charge is 2.27. The zero-order valence-corrected chi connectivity index (χ0v) is 9.13. The van der Waals surface area contributed by atoms with E-state index in [0.29, 0.717) is 19.2 Å². The molecule has 0 radical (unpaired) electrons. The number of ether oxygens (including phenoxy) is 1. The van der Waals surface area contributed by atoms with E-state index in [1.54, 1.807) is 6.20 Å². The molecule has 5 nitrogen and oxygen atoms in total. The first-order chi connectivity index (χ1) is 7.22. The van der Waals surface area contributed by atoms with Crippen molar-refractivity contribution in [1.29, 1.82) is 0 Å². The Balaban J connectivity index is 2.16. The first-order valence-electron chi connectivity index (χ1n) is 5.18. The molecule has 1 N–H and O–H groups in total. The maximum absolute atomic E-state index is 9.08. The van der Waals surface area contributed by atoms with E-state index in [0.717, 1.165) is 5.95 Å². The highest BCUT2D eigenvalue weighted by Crippen LogP contribution is 2.18. The lowest BCUT2D eigenvalue weighted by Crippen LogP contribution is -2.50. The van der Waals surface area contributed by atoms with Gasteiger partial charge in [0.15, 0.2) is 0 Å². The maximum atomic E-state index is 9.08. The molecule has 0 bridgehead atoms. The van der Waals surface area contributed by atoms with E-state index >= 15 is 0 Å². The van der Waals surface area contributed by atoms with Crippen molar-refractivity contribution in [3.8, 4) is 0 Å². The maximum Gasteiger partial charge on any atom is 0.205 e. The van der Waals surface area contributed by atoms with Crippen LogP contribution in [0.15, 0.2) is 12.4 Å². The Bertz CT molecular complexity index is 326. The molecule has 0 aliphatic carbocycles. The molecule has 5 heteroatoms. The Morgan fingerprint density at radius 1 is 1.67 bits per heavy atom. The molecule has 1 aliphatic rings. The smallest absolute Gasteiger partial charge is 0.205 e. The summed E-state index contributed by atoms with van der Waals surface area (Å²) in [6.07, 6.45) is 3.61. The quantitative estimate of drug-likeness (QED) is 0.748. The van der Waals surface area contributed by atoms with E-state index in [-0.39, 0.29) is 12.7 Å². The standard InChI is InChI=1S/C10H17N3O2/c1-8-7-15-9(6-14)5-13(8)10-11-3-4-12(10)2/h3-4,8-9,14H,5-7H2,1-2H3. The summed E-state index contributed by atoms with van der Waals surface area (Å²) in [6, 6.07) is 0.300. The second-order valence-corrected chi connectivity index (χ2v) is 3.98. The second kappa shape index (κ2) is 4.20. The number of nitrogens with zero attached hydrogens (tertiary/aromatic N) is 3. The molecule has 0 saturated carbocycles. The van der Waals surface area contributed by atoms with Gasteiger partial charge in [0.2, 0.25) is 5.95 Å². The van der Waals surface area contributed by atoms with Gasteiger partial charge in [-0.3, -0.25) is 0 Å². The van der Waals surface area contributed by atoms with Crippen molar-refractivity contribution in [2.24, 2.45) is 7.05 Å². The van der Waals surface area contributed by atoms with Crippen LogP contribution in [0.4, 0.5) is 5.95 Å². The van der Waals surface area contributed by atoms with Crippen molar-refractivity contribution in [1.82, 2.24) is 9.55 Å². The average Bonchev–Trinajstić information content (AvgIpc) is 2.65. The van der Waals surface area contributed by atoms with Crippen molar-refractivity contribution in [2.75, 3.05) is 24.7 Å². The first kappa shape index (κ1) is 10.4. The van der Waals surface area contributed by atoms with Crippen LogP contribution >= 0.6 is 0 Å². The summed E-state index contributed by atoms with van der Waals surface area (Å²) in [5.74, 6) is 0.934. The van der Waals surface area contributed by atoms with E-state index in [4.69, 9.17) is 9.84 Å². The van der Waals surface area contributed by atoms with Crippen LogP contribution < -0.4 is 4.90 Å². The fraction of sp³-hybridized carbons (Fsp3) is 0.700. The lowest BCUT2D eigenvalue weighted by molar-refractivity contribution is -0.0109. The Kier molecular flexibility index (Phi) is 2.93. The van der Waals surface area contributed by atoms with Crippen LogP contribution in [-0.4, -0.2) is 46.6 Å². The van der Waals surface area contributed by atoms with Gasteiger partial charge in [-0.15, -0.1) is 0 Å². The molecule has 0 aromatic carbocycles. The van der Waals surface area contributed by atoms with E-state index in [2.05, 4.69) is 16.8 Å². The number of imidazole rings is 1. The zero-order valence-electron chi connectivity index (χ0n) is 9.13. The number of hydrogen-bond donors (Lipinski definition) is 1. The van der Waals surface area contributed by atoms with Crippen molar-refractivity contribution < 1.29 is 9.84 Å². The zero-order chi connectivity index (χ0) is 10.8. The molecule has 84 valence electrons. The molecule has 0 amide bonds. The van der Waals surface area contributed by atoms with Crippen molar-refractivity contribution in [3.05, 3.63) is 12.4 Å². The average molecular weight is 211 g/mol. The first-order valence-corrected chi connectivity index (χ1v) is 5.18. The minimum Gasteiger partial charge on any atom is -0.394 e. The highest BCUT2D eigenvalue weighted by atomic mass is 16.5. The van der Waals surface area contributed by atoms with E-state index < -0.39 is 0 Å². The normalized spacial score (nSPS) is 27.0. The Morgan fingerprint density at radius 2 is 2.47 bits per heavy atom. The van der Waals surface area contributed by atoms with Crippen LogP contribution in [0.1, 0.15) is 6.92 Å². The van der Waals surface area contributed by atoms with Gasteiger partial charge in [0.1, 0.15) is 0 Å². The summed E-state index contributed by atoms with van der Waals surface area (Å²) in [4.78, 5) is 6.48. The van der Waals surface area contributed by atoms with Crippen molar-refractivity contribution in [3.63, 3.8) is 0 Å². The van der Waals surface area contributed by atoms with Crippen molar-refractivity contribution >= 4 is 5.95 Å². The largest absolute Gasteiger partial charge is 0.394 e. The summed E-state index contributed by atoms with van der Waals surface area (Å²) in [6.45, 7) is 3.50. The van der Waals surface area contributed by atoms with Crippen LogP contribution in [0.3, 0.4) is 0 Å². The highest BCUT2D eigenvalue weighted by molar-refractivity contribution is 5.33. The third-order valence-electron chi connectivity index (χ3n) is 2.76. The predicted molar refractivity (Wildman–Crippen MR) is 56.8 cm³/mol. The molecule has 2 heterocycles. The Morgan fingerprint density at radius 3 is 3.07 bits per heavy atom. The number of anilines is 1. The van der Waals surface area contributed by atoms with E-state index in [1.807, 2.05) is 17.8 Å². The fourth-order valence-corrected chi connectivity index (χ4v) is 1.84. The third kappa shape index (κ3) is 1.98. The number of aliphatic hydroxyl groups is 1. The molecule has 2 atom stereocenters. The molecule has 1 aromatic rings. The molecule has 1 aliphatic heterocycles. The number of aromatic nitrogens is 2. The van der Waals surface area contributed by atoms with Crippen molar-refractivity contribution in [2.45, 2.75) is 19.1 Å². The summed E-state index contributed by atoms with van der Waals surface area (Å²) in [5, 5.41) is 9.08. The minimum absolute atomic E-state index is 0.0631. The van der Waals surface area contributed by atoms with Gasteiger partial charge in [0.25, 0.3) is 0 Å². The molecular weight excluding hydrogens is 194 g/mol. The Labute approximate surface area is 89.3 Å². The number of hydrogen-bond acceptors (Lipinski definition) is 4. The van der Waals surface area contributed by atoms with Gasteiger partial charge >= 0.3 is 0 Å². The van der Waals surface area contributed by atoms with Gasteiger partial charge in [0.05, 0.1) is 25.4 Å². The summed E-state index contributed by atoms with van der Waals surface area (Å²) < 4.78 is 7.46. The second-order valence-electron chi connectivity index (χ2n) is 3.98. The molecule has 2 rings (SSSR count). The fourth-order valence-electron chi connectivity index (χ4n) is 1.84. The van der Waals surface area contributed by atoms with Crippen LogP contribution in [0.2, 0.25) is 0 Å². The predicted octanol–water partition coefficient (Wildman–Crippen LogP) is 0.00610. The van der Waals surface area contributed by atoms with Crippen LogP contribution in [0, 0.1) is 0 Å². The van der Waals surface area contributed by atoms with Gasteiger partial charge in [0, 0.05) is 26.0 Å². The van der Waals surface area contributed by atoms with E-state index in [9.17, 15) is 0 Å². The molecular formula is C10H17N3O2. The molecule has 1 saturated heterocycles. The lowest BCUT2D eigenvalue weighted by atomic mass is 10.2.